The Morgan fingerprint density at radius 1 is 1.00 bits per heavy atom. The highest BCUT2D eigenvalue weighted by atomic mass is 16.5. The van der Waals surface area contributed by atoms with Gasteiger partial charge in [-0.3, -0.25) is 0 Å². The Labute approximate surface area is 148 Å². The van der Waals surface area contributed by atoms with Crippen LogP contribution in [0.1, 0.15) is 49.2 Å². The molecule has 0 radical (unpaired) electrons. The van der Waals surface area contributed by atoms with E-state index in [1.165, 1.54) is 16.7 Å². The summed E-state index contributed by atoms with van der Waals surface area (Å²) in [4.78, 5) is 9.18. The smallest absolute Gasteiger partial charge is 0.228 e. The van der Waals surface area contributed by atoms with E-state index in [9.17, 15) is 0 Å². The van der Waals surface area contributed by atoms with E-state index < -0.39 is 0 Å². The summed E-state index contributed by atoms with van der Waals surface area (Å²) in [6, 6.07) is 4.69. The van der Waals surface area contributed by atoms with Crippen LogP contribution < -0.4 is 5.32 Å². The number of nitrogens with one attached hydrogen (secondary N) is 1. The van der Waals surface area contributed by atoms with E-state index in [0.29, 0.717) is 17.4 Å². The van der Waals surface area contributed by atoms with Crippen molar-refractivity contribution in [1.82, 2.24) is 15.1 Å². The van der Waals surface area contributed by atoms with Crippen LogP contribution in [-0.2, 0) is 0 Å². The fourth-order valence-corrected chi connectivity index (χ4v) is 3.45. The van der Waals surface area contributed by atoms with Gasteiger partial charge in [0.05, 0.1) is 0 Å². The maximum absolute atomic E-state index is 5.68. The summed E-state index contributed by atoms with van der Waals surface area (Å²) < 4.78 is 5.68. The van der Waals surface area contributed by atoms with Gasteiger partial charge < -0.3 is 9.84 Å². The zero-order valence-electron chi connectivity index (χ0n) is 15.9. The van der Waals surface area contributed by atoms with Gasteiger partial charge in [-0.25, -0.2) is 9.97 Å². The van der Waals surface area contributed by atoms with Gasteiger partial charge in [-0.1, -0.05) is 36.7 Å². The van der Waals surface area contributed by atoms with Gasteiger partial charge in [0.2, 0.25) is 5.58 Å². The van der Waals surface area contributed by atoms with Crippen molar-refractivity contribution in [3.8, 4) is 11.3 Å². The standard InChI is InChI=1S/C20H26N4O/c1-7-15(8-2)23-20-19-18(21-14(6)22-20)17(24-25-19)16-12(4)9-11(3)10-13(16)5/h9-10,15H,7-8H2,1-6H3,(H,21,22,23). The number of aromatic nitrogens is 3. The molecule has 2 heterocycles. The molecule has 0 atom stereocenters. The third kappa shape index (κ3) is 3.23. The average Bonchev–Trinajstić information content (AvgIpc) is 2.95. The number of hydrogen-bond acceptors (Lipinski definition) is 5. The third-order valence-corrected chi connectivity index (χ3v) is 4.67. The van der Waals surface area contributed by atoms with E-state index in [2.05, 4.69) is 67.2 Å². The topological polar surface area (TPSA) is 63.8 Å². The molecule has 5 nitrogen and oxygen atoms in total. The SMILES string of the molecule is CCC(CC)Nc1nc(C)nc2c(-c3c(C)cc(C)cc3C)noc12. The lowest BCUT2D eigenvalue weighted by atomic mass is 9.97. The highest BCUT2D eigenvalue weighted by Crippen LogP contribution is 2.34. The molecule has 0 saturated carbocycles. The molecular formula is C20H26N4O. The first-order chi connectivity index (χ1) is 11.9. The Bertz CT molecular complexity index is 886. The molecule has 1 aromatic carbocycles. The van der Waals surface area contributed by atoms with E-state index >= 15 is 0 Å². The normalized spacial score (nSPS) is 11.5. The van der Waals surface area contributed by atoms with Crippen molar-refractivity contribution in [3.63, 3.8) is 0 Å². The number of nitrogens with zero attached hydrogens (tertiary/aromatic N) is 3. The van der Waals surface area contributed by atoms with Crippen LogP contribution in [0, 0.1) is 27.7 Å². The zero-order chi connectivity index (χ0) is 18.1. The van der Waals surface area contributed by atoms with Crippen LogP contribution in [0.2, 0.25) is 0 Å². The number of anilines is 1. The van der Waals surface area contributed by atoms with Crippen LogP contribution in [0.5, 0.6) is 0 Å². The zero-order valence-corrected chi connectivity index (χ0v) is 15.9. The molecular weight excluding hydrogens is 312 g/mol. The first-order valence-corrected chi connectivity index (χ1v) is 8.93. The van der Waals surface area contributed by atoms with E-state index in [1.807, 2.05) is 6.92 Å². The number of benzene rings is 1. The highest BCUT2D eigenvalue weighted by Gasteiger charge is 2.21. The molecule has 0 unspecified atom stereocenters. The van der Waals surface area contributed by atoms with Gasteiger partial charge in [0.15, 0.2) is 5.82 Å². The molecule has 5 heteroatoms. The maximum Gasteiger partial charge on any atom is 0.228 e. The van der Waals surface area contributed by atoms with Gasteiger partial charge in [-0.15, -0.1) is 0 Å². The van der Waals surface area contributed by atoms with Crippen molar-refractivity contribution in [2.24, 2.45) is 0 Å². The molecule has 0 bridgehead atoms. The van der Waals surface area contributed by atoms with Crippen molar-refractivity contribution in [2.75, 3.05) is 5.32 Å². The largest absolute Gasteiger partial charge is 0.364 e. The van der Waals surface area contributed by atoms with E-state index in [-0.39, 0.29) is 0 Å². The molecule has 0 fully saturated rings. The van der Waals surface area contributed by atoms with E-state index in [0.717, 1.165) is 35.4 Å². The van der Waals surface area contributed by atoms with Crippen molar-refractivity contribution < 1.29 is 4.52 Å². The summed E-state index contributed by atoms with van der Waals surface area (Å²) in [7, 11) is 0. The quantitative estimate of drug-likeness (QED) is 0.699. The summed E-state index contributed by atoms with van der Waals surface area (Å²) >= 11 is 0. The predicted molar refractivity (Wildman–Crippen MR) is 102 cm³/mol. The molecule has 1 N–H and O–H groups in total. The number of aryl methyl sites for hydroxylation is 4. The minimum atomic E-state index is 0.355. The van der Waals surface area contributed by atoms with Gasteiger partial charge in [0.1, 0.15) is 17.0 Å². The van der Waals surface area contributed by atoms with Crippen molar-refractivity contribution in [3.05, 3.63) is 34.6 Å². The molecule has 2 aromatic heterocycles. The van der Waals surface area contributed by atoms with Gasteiger partial charge in [0, 0.05) is 11.6 Å². The molecule has 3 aromatic rings. The lowest BCUT2D eigenvalue weighted by Gasteiger charge is -2.15. The Morgan fingerprint density at radius 2 is 1.64 bits per heavy atom. The van der Waals surface area contributed by atoms with Crippen LogP contribution >= 0.6 is 0 Å². The average molecular weight is 338 g/mol. The third-order valence-electron chi connectivity index (χ3n) is 4.67. The fraction of sp³-hybridized carbons (Fsp3) is 0.450. The summed E-state index contributed by atoms with van der Waals surface area (Å²) in [5.41, 5.74) is 6.90. The van der Waals surface area contributed by atoms with Gasteiger partial charge in [-0.2, -0.15) is 0 Å². The van der Waals surface area contributed by atoms with Gasteiger partial charge in [-0.05, 0) is 51.7 Å². The predicted octanol–water partition coefficient (Wildman–Crippen LogP) is 5.12. The van der Waals surface area contributed by atoms with Crippen LogP contribution in [0.4, 0.5) is 5.82 Å². The molecule has 0 aliphatic rings. The summed E-state index contributed by atoms with van der Waals surface area (Å²) in [6.45, 7) is 12.5. The first-order valence-electron chi connectivity index (χ1n) is 8.93. The van der Waals surface area contributed by atoms with Gasteiger partial charge in [0.25, 0.3) is 0 Å². The number of fused-ring (bicyclic) bond motifs is 1. The van der Waals surface area contributed by atoms with E-state index in [4.69, 9.17) is 4.52 Å². The van der Waals surface area contributed by atoms with Crippen molar-refractivity contribution in [1.29, 1.82) is 0 Å². The molecule has 3 rings (SSSR count). The fourth-order valence-electron chi connectivity index (χ4n) is 3.45. The second-order valence-electron chi connectivity index (χ2n) is 6.76. The Morgan fingerprint density at radius 3 is 2.24 bits per heavy atom. The molecule has 0 amide bonds. The number of rotatable bonds is 5. The minimum absolute atomic E-state index is 0.355. The molecule has 0 saturated heterocycles. The van der Waals surface area contributed by atoms with Gasteiger partial charge >= 0.3 is 0 Å². The summed E-state index contributed by atoms with van der Waals surface area (Å²) in [5.74, 6) is 1.45. The molecule has 0 aliphatic heterocycles. The van der Waals surface area contributed by atoms with Crippen LogP contribution in [0.15, 0.2) is 16.7 Å². The van der Waals surface area contributed by atoms with Crippen molar-refractivity contribution in [2.45, 2.75) is 60.4 Å². The molecule has 0 spiro atoms. The molecule has 0 aliphatic carbocycles. The lowest BCUT2D eigenvalue weighted by molar-refractivity contribution is 0.458. The Hall–Kier alpha value is -2.43. The van der Waals surface area contributed by atoms with Crippen molar-refractivity contribution >= 4 is 16.9 Å². The summed E-state index contributed by atoms with van der Waals surface area (Å²) in [6.07, 6.45) is 2.05. The van der Waals surface area contributed by atoms with Crippen LogP contribution in [-0.4, -0.2) is 21.2 Å². The van der Waals surface area contributed by atoms with Crippen LogP contribution in [0.3, 0.4) is 0 Å². The Kier molecular flexibility index (Phi) is 4.75. The second kappa shape index (κ2) is 6.82. The molecule has 132 valence electrons. The molecule has 25 heavy (non-hydrogen) atoms. The highest BCUT2D eigenvalue weighted by molar-refractivity contribution is 5.95. The second-order valence-corrected chi connectivity index (χ2v) is 6.76. The Balaban J connectivity index is 2.19. The monoisotopic (exact) mass is 338 g/mol. The summed E-state index contributed by atoms with van der Waals surface area (Å²) in [5, 5.41) is 7.84. The lowest BCUT2D eigenvalue weighted by Crippen LogP contribution is -2.18. The first kappa shape index (κ1) is 17.4. The van der Waals surface area contributed by atoms with E-state index in [1.54, 1.807) is 0 Å². The maximum atomic E-state index is 5.68. The minimum Gasteiger partial charge on any atom is -0.364 e. The van der Waals surface area contributed by atoms with Crippen LogP contribution in [0.25, 0.3) is 22.4 Å². The number of hydrogen-bond donors (Lipinski definition) is 1.